The van der Waals surface area contributed by atoms with Crippen molar-refractivity contribution in [2.45, 2.75) is 25.3 Å². The van der Waals surface area contributed by atoms with Gasteiger partial charge in [-0.2, -0.15) is 0 Å². The molecule has 4 aromatic rings. The molecule has 0 saturated carbocycles. The fourth-order valence-electron chi connectivity index (χ4n) is 4.13. The van der Waals surface area contributed by atoms with Crippen molar-refractivity contribution < 1.29 is 13.6 Å². The number of benzene rings is 2. The minimum atomic E-state index is -0.802. The van der Waals surface area contributed by atoms with Gasteiger partial charge in [0.1, 0.15) is 11.6 Å². The van der Waals surface area contributed by atoms with Crippen molar-refractivity contribution in [3.05, 3.63) is 77.2 Å². The van der Waals surface area contributed by atoms with Crippen molar-refractivity contribution in [1.82, 2.24) is 35.8 Å². The van der Waals surface area contributed by atoms with E-state index in [1.165, 1.54) is 0 Å². The minimum Gasteiger partial charge on any atom is -0.207 e. The Kier molecular flexibility index (Phi) is 7.15. The zero-order valence-corrected chi connectivity index (χ0v) is 21.0. The van der Waals surface area contributed by atoms with Gasteiger partial charge in [-0.1, -0.05) is 0 Å². The van der Waals surface area contributed by atoms with Gasteiger partial charge >= 0.3 is 189 Å². The summed E-state index contributed by atoms with van der Waals surface area (Å²) in [5.41, 5.74) is 2.72. The fourth-order valence-corrected chi connectivity index (χ4v) is 4.57. The number of nitrogens with one attached hydrogen (secondary N) is 3. The Morgan fingerprint density at radius 1 is 1.14 bits per heavy atom. The topological polar surface area (TPSA) is 108 Å². The Morgan fingerprint density at radius 2 is 1.97 bits per heavy atom. The first-order valence-electron chi connectivity index (χ1n) is 11.5. The molecule has 8 nitrogen and oxygen atoms in total. The van der Waals surface area contributed by atoms with E-state index in [-0.39, 0.29) is 12.1 Å². The van der Waals surface area contributed by atoms with Gasteiger partial charge < -0.3 is 0 Å². The van der Waals surface area contributed by atoms with Gasteiger partial charge in [-0.25, -0.2) is 8.78 Å². The number of carbonyl (C=O) groups is 1. The number of hydrogen-bond acceptors (Lipinski definition) is 6. The van der Waals surface area contributed by atoms with Crippen LogP contribution in [0.3, 0.4) is 0 Å². The molecule has 3 heterocycles. The Balaban J connectivity index is 1.33. The normalized spacial score (nSPS) is 15.6. The van der Waals surface area contributed by atoms with Crippen LogP contribution in [0.25, 0.3) is 22.8 Å². The zero-order valence-electron chi connectivity index (χ0n) is 19.1. The predicted octanol–water partition coefficient (Wildman–Crippen LogP) is 2.40. The van der Waals surface area contributed by atoms with E-state index in [0.29, 0.717) is 27.6 Å². The predicted molar refractivity (Wildman–Crippen MR) is 131 cm³/mol. The average molecular weight is 549 g/mol. The number of amides is 1. The first-order chi connectivity index (χ1) is 17.5. The summed E-state index contributed by atoms with van der Waals surface area (Å²) in [6, 6.07) is 10.2. The number of H-pyrrole nitrogens is 1. The Hall–Kier alpha value is -3.49. The summed E-state index contributed by atoms with van der Waals surface area (Å²) < 4.78 is 27.5. The van der Waals surface area contributed by atoms with Crippen LogP contribution in [0.4, 0.5) is 8.78 Å². The third-order valence-corrected chi connectivity index (χ3v) is 6.64. The second-order valence-electron chi connectivity index (χ2n) is 8.56. The van der Waals surface area contributed by atoms with Crippen LogP contribution < -0.4 is 15.1 Å². The number of carbonyl (C=O) groups excluding carboxylic acids is 1. The van der Waals surface area contributed by atoms with Crippen LogP contribution in [-0.2, 0) is 6.54 Å². The molecule has 1 aliphatic heterocycles. The number of hydrogen-bond donors (Lipinski definition) is 3. The van der Waals surface area contributed by atoms with Crippen LogP contribution in [0.2, 0.25) is 0 Å². The van der Waals surface area contributed by atoms with Crippen molar-refractivity contribution in [2.24, 2.45) is 0 Å². The maximum absolute atomic E-state index is 13.4. The van der Waals surface area contributed by atoms with E-state index in [1.807, 2.05) is 24.3 Å². The molecule has 0 bridgehead atoms. The van der Waals surface area contributed by atoms with Gasteiger partial charge in [0.15, 0.2) is 0 Å². The van der Waals surface area contributed by atoms with E-state index in [4.69, 9.17) is 4.98 Å². The van der Waals surface area contributed by atoms with E-state index in [1.54, 1.807) is 6.20 Å². The summed E-state index contributed by atoms with van der Waals surface area (Å²) in [7, 11) is 0. The van der Waals surface area contributed by atoms with Gasteiger partial charge in [-0.15, -0.1) is 0 Å². The van der Waals surface area contributed by atoms with Crippen molar-refractivity contribution in [3.63, 3.8) is 0 Å². The van der Waals surface area contributed by atoms with Crippen LogP contribution >= 0.6 is 0 Å². The van der Waals surface area contributed by atoms with E-state index < -0.39 is 17.5 Å². The van der Waals surface area contributed by atoms with Gasteiger partial charge in [0.25, 0.3) is 0 Å². The van der Waals surface area contributed by atoms with Crippen molar-refractivity contribution >= 4 is 27.2 Å². The number of nitrogens with zero attached hydrogens (tertiary/aromatic N) is 4. The third-order valence-electron chi connectivity index (χ3n) is 5.95. The van der Waals surface area contributed by atoms with Crippen LogP contribution in [0, 0.1) is 11.6 Å². The molecule has 2 aromatic carbocycles. The van der Waals surface area contributed by atoms with Crippen LogP contribution in [0.15, 0.2) is 48.7 Å². The molecule has 1 fully saturated rings. The summed E-state index contributed by atoms with van der Waals surface area (Å²) in [4.78, 5) is 26.3. The zero-order chi connectivity index (χ0) is 25.1. The number of aromatic amines is 1. The van der Waals surface area contributed by atoms with Crippen molar-refractivity contribution in [1.29, 1.82) is 0 Å². The summed E-state index contributed by atoms with van der Waals surface area (Å²) in [6.45, 7) is 2.06. The van der Waals surface area contributed by atoms with Crippen molar-refractivity contribution in [3.8, 4) is 22.8 Å². The third kappa shape index (κ3) is 5.50. The minimum absolute atomic E-state index is 0.0781. The maximum atomic E-state index is 13.4. The molecule has 11 heteroatoms. The molecule has 3 N–H and O–H groups in total. The molecular formula is C25H22AsF2N7O. The molecule has 5 rings (SSSR count). The van der Waals surface area contributed by atoms with E-state index in [2.05, 4.69) is 47.7 Å². The molecule has 1 atom stereocenters. The average Bonchev–Trinajstić information content (AvgIpc) is 3.38. The van der Waals surface area contributed by atoms with Gasteiger partial charge in [-0.05, 0) is 0 Å². The van der Waals surface area contributed by atoms with Gasteiger partial charge in [-0.3, -0.25) is 0 Å². The molecule has 1 saturated heterocycles. The summed E-state index contributed by atoms with van der Waals surface area (Å²) in [5, 5.41) is 13.5. The van der Waals surface area contributed by atoms with E-state index in [0.717, 1.165) is 61.1 Å². The standard InChI is InChI=1S/C25H22AsF2N7O/c26-22-21(24-33-23(34-35-24)16-5-2-6-29-12-16)32-20(13-30-22)15-4-1-3-14(7-15)11-31-25(36)17-8-18(27)10-19(28)9-17/h1,3-4,7-10,13,16,29H,2,5-6,11-12H2,(H,31,36)(H,33,34,35)/t16-/m0/s1. The number of halogens is 2. The molecule has 0 aliphatic carbocycles. The van der Waals surface area contributed by atoms with Crippen LogP contribution in [0.1, 0.15) is 40.5 Å². The molecule has 1 amide bonds. The first kappa shape index (κ1) is 24.2. The molecule has 0 unspecified atom stereocenters. The Labute approximate surface area is 214 Å². The van der Waals surface area contributed by atoms with Crippen molar-refractivity contribution in [2.75, 3.05) is 13.1 Å². The quantitative estimate of drug-likeness (QED) is 0.319. The Morgan fingerprint density at radius 3 is 2.75 bits per heavy atom. The fraction of sp³-hybridized carbons (Fsp3) is 0.240. The molecule has 0 spiro atoms. The van der Waals surface area contributed by atoms with Crippen LogP contribution in [0.5, 0.6) is 0 Å². The van der Waals surface area contributed by atoms with Crippen LogP contribution in [-0.4, -0.2) is 61.0 Å². The summed E-state index contributed by atoms with van der Waals surface area (Å²) in [5.74, 6) is -0.547. The van der Waals surface area contributed by atoms with Gasteiger partial charge in [0.05, 0.1) is 0 Å². The molecule has 36 heavy (non-hydrogen) atoms. The molecule has 1 aliphatic rings. The Bertz CT molecular complexity index is 1380. The van der Waals surface area contributed by atoms with Gasteiger partial charge in [0.2, 0.25) is 0 Å². The SMILES string of the molecule is O=C(NCc1cccc(-c2cnc([As])c(-c3n[nH]c([C@H]4CCCNC4)n3)n2)c1)c1cc(F)cc(F)c1. The monoisotopic (exact) mass is 549 g/mol. The number of piperidine rings is 1. The number of aromatic nitrogens is 5. The summed E-state index contributed by atoms with van der Waals surface area (Å²) >= 11 is 2.40. The van der Waals surface area contributed by atoms with E-state index in [9.17, 15) is 13.6 Å². The van der Waals surface area contributed by atoms with E-state index >= 15 is 0 Å². The second-order valence-corrected chi connectivity index (χ2v) is 9.44. The molecule has 2 aromatic heterocycles. The smallest absolute Gasteiger partial charge is 0.207 e. The first-order valence-corrected chi connectivity index (χ1v) is 12.4. The summed E-state index contributed by atoms with van der Waals surface area (Å²) in [6.07, 6.45) is 3.82. The molecule has 182 valence electrons. The van der Waals surface area contributed by atoms with Gasteiger partial charge in [0, 0.05) is 6.07 Å². The molecular weight excluding hydrogens is 527 g/mol. The molecule has 2 radical (unpaired) electrons. The second kappa shape index (κ2) is 10.6. The number of rotatable bonds is 6.